The number of hydrogen-bond acceptors (Lipinski definition) is 4. The van der Waals surface area contributed by atoms with E-state index in [1.54, 1.807) is 7.11 Å². The van der Waals surface area contributed by atoms with E-state index in [9.17, 15) is 4.79 Å². The van der Waals surface area contributed by atoms with Crippen LogP contribution in [0.4, 0.5) is 0 Å². The number of nitrogens with one attached hydrogen (secondary N) is 2. The number of carbonyl (C=O) groups excluding carboxylic acids is 1. The molecule has 0 aliphatic heterocycles. The van der Waals surface area contributed by atoms with E-state index >= 15 is 0 Å². The van der Waals surface area contributed by atoms with Crippen molar-refractivity contribution >= 4 is 5.91 Å². The predicted molar refractivity (Wildman–Crippen MR) is 49.5 cm³/mol. The Kier molecular flexibility index (Phi) is 8.97. The van der Waals surface area contributed by atoms with E-state index in [0.29, 0.717) is 32.7 Å². The molecule has 0 saturated carbocycles. The molecule has 0 aromatic heterocycles. The molecule has 0 rings (SSSR count). The molecule has 0 aliphatic rings. The molecule has 0 aliphatic carbocycles. The van der Waals surface area contributed by atoms with Gasteiger partial charge in [-0.1, -0.05) is 0 Å². The average Bonchev–Trinajstić information content (AvgIpc) is 2.13. The van der Waals surface area contributed by atoms with Crippen LogP contribution in [0.25, 0.3) is 0 Å². The van der Waals surface area contributed by atoms with Crippen molar-refractivity contribution in [2.75, 3.05) is 40.0 Å². The molecular weight excluding hydrogens is 172 g/mol. The van der Waals surface area contributed by atoms with Crippen LogP contribution in [-0.2, 0) is 9.53 Å². The lowest BCUT2D eigenvalue weighted by Crippen LogP contribution is -2.30. The number of rotatable bonds is 8. The average molecular weight is 190 g/mol. The molecule has 0 unspecified atom stereocenters. The van der Waals surface area contributed by atoms with Crippen LogP contribution < -0.4 is 10.6 Å². The van der Waals surface area contributed by atoms with Crippen LogP contribution in [0.1, 0.15) is 6.42 Å². The third-order valence-electron chi connectivity index (χ3n) is 1.45. The van der Waals surface area contributed by atoms with Gasteiger partial charge in [-0.2, -0.15) is 0 Å². The van der Waals surface area contributed by atoms with Crippen molar-refractivity contribution in [2.24, 2.45) is 0 Å². The molecule has 0 aromatic carbocycles. The highest BCUT2D eigenvalue weighted by Gasteiger charge is 1.98. The summed E-state index contributed by atoms with van der Waals surface area (Å²) in [7, 11) is 1.59. The second kappa shape index (κ2) is 9.44. The van der Waals surface area contributed by atoms with Gasteiger partial charge in [-0.3, -0.25) is 4.79 Å². The first kappa shape index (κ1) is 12.3. The fourth-order valence-electron chi connectivity index (χ4n) is 0.787. The van der Waals surface area contributed by atoms with Gasteiger partial charge < -0.3 is 20.5 Å². The van der Waals surface area contributed by atoms with Crippen molar-refractivity contribution in [1.29, 1.82) is 0 Å². The lowest BCUT2D eigenvalue weighted by molar-refractivity contribution is -0.121. The van der Waals surface area contributed by atoms with Crippen LogP contribution in [0.3, 0.4) is 0 Å². The van der Waals surface area contributed by atoms with Crippen molar-refractivity contribution in [3.05, 3.63) is 0 Å². The van der Waals surface area contributed by atoms with Crippen LogP contribution in [0.15, 0.2) is 0 Å². The smallest absolute Gasteiger partial charge is 0.221 e. The number of hydrogen-bond donors (Lipinski definition) is 3. The number of ether oxygens (including phenoxy) is 1. The molecule has 0 radical (unpaired) electrons. The fraction of sp³-hybridized carbons (Fsp3) is 0.875. The molecule has 0 fully saturated rings. The molecule has 0 heterocycles. The molecule has 0 saturated heterocycles. The lowest BCUT2D eigenvalue weighted by atomic mass is 10.4. The van der Waals surface area contributed by atoms with E-state index in [1.165, 1.54) is 0 Å². The summed E-state index contributed by atoms with van der Waals surface area (Å²) in [6.07, 6.45) is 0.434. The van der Waals surface area contributed by atoms with Crippen LogP contribution in [-0.4, -0.2) is 51.0 Å². The molecule has 5 nitrogen and oxygen atoms in total. The van der Waals surface area contributed by atoms with Gasteiger partial charge in [0, 0.05) is 33.2 Å². The Morgan fingerprint density at radius 1 is 1.38 bits per heavy atom. The first-order valence-corrected chi connectivity index (χ1v) is 4.38. The zero-order valence-corrected chi connectivity index (χ0v) is 8.01. The van der Waals surface area contributed by atoms with E-state index in [1.807, 2.05) is 0 Å². The van der Waals surface area contributed by atoms with Gasteiger partial charge in [0.15, 0.2) is 0 Å². The van der Waals surface area contributed by atoms with E-state index in [2.05, 4.69) is 10.6 Å². The minimum atomic E-state index is 0.00231. The van der Waals surface area contributed by atoms with Crippen molar-refractivity contribution in [2.45, 2.75) is 6.42 Å². The second-order valence-electron chi connectivity index (χ2n) is 2.57. The van der Waals surface area contributed by atoms with Crippen LogP contribution in [0, 0.1) is 0 Å². The molecule has 3 N–H and O–H groups in total. The van der Waals surface area contributed by atoms with E-state index < -0.39 is 0 Å². The summed E-state index contributed by atoms with van der Waals surface area (Å²) in [5.74, 6) is 0.00231. The number of carbonyl (C=O) groups is 1. The summed E-state index contributed by atoms with van der Waals surface area (Å²) in [6, 6.07) is 0. The molecule has 0 atom stereocenters. The lowest BCUT2D eigenvalue weighted by Gasteiger charge is -2.04. The van der Waals surface area contributed by atoms with Gasteiger partial charge in [0.2, 0.25) is 5.91 Å². The highest BCUT2D eigenvalue weighted by molar-refractivity contribution is 5.75. The van der Waals surface area contributed by atoms with E-state index in [4.69, 9.17) is 9.84 Å². The summed E-state index contributed by atoms with van der Waals surface area (Å²) < 4.78 is 4.77. The third kappa shape index (κ3) is 9.26. The number of aliphatic hydroxyl groups is 1. The maximum atomic E-state index is 11.0. The monoisotopic (exact) mass is 190 g/mol. The Morgan fingerprint density at radius 2 is 2.15 bits per heavy atom. The molecule has 1 amide bonds. The normalized spacial score (nSPS) is 10.0. The molecule has 78 valence electrons. The Bertz CT molecular complexity index is 131. The molecule has 5 heteroatoms. The highest BCUT2D eigenvalue weighted by Crippen LogP contribution is 1.76. The Morgan fingerprint density at radius 3 is 2.77 bits per heavy atom. The molecular formula is C8H18N2O3. The number of methoxy groups -OCH3 is 1. The van der Waals surface area contributed by atoms with Gasteiger partial charge in [-0.15, -0.1) is 0 Å². The van der Waals surface area contributed by atoms with Crippen LogP contribution in [0.5, 0.6) is 0 Å². The Balaban J connectivity index is 3.11. The first-order valence-electron chi connectivity index (χ1n) is 4.38. The maximum absolute atomic E-state index is 11.0. The first-order chi connectivity index (χ1) is 6.31. The Labute approximate surface area is 78.5 Å². The predicted octanol–water partition coefficient (Wildman–Crippen LogP) is -1.28. The summed E-state index contributed by atoms with van der Waals surface area (Å²) >= 11 is 0. The highest BCUT2D eigenvalue weighted by atomic mass is 16.5. The quantitative estimate of drug-likeness (QED) is 0.417. The fourth-order valence-corrected chi connectivity index (χ4v) is 0.787. The van der Waals surface area contributed by atoms with Gasteiger partial charge >= 0.3 is 0 Å². The summed E-state index contributed by atoms with van der Waals surface area (Å²) in [5.41, 5.74) is 0. The van der Waals surface area contributed by atoms with Crippen LogP contribution >= 0.6 is 0 Å². The topological polar surface area (TPSA) is 70.6 Å². The van der Waals surface area contributed by atoms with Gasteiger partial charge in [0.05, 0.1) is 13.2 Å². The molecule has 0 spiro atoms. The van der Waals surface area contributed by atoms with E-state index in [0.717, 1.165) is 0 Å². The molecule has 13 heavy (non-hydrogen) atoms. The van der Waals surface area contributed by atoms with Gasteiger partial charge in [-0.25, -0.2) is 0 Å². The SMILES string of the molecule is COCCNC(=O)CCNCCO. The molecule has 0 aromatic rings. The maximum Gasteiger partial charge on any atom is 0.221 e. The largest absolute Gasteiger partial charge is 0.395 e. The Hall–Kier alpha value is -0.650. The van der Waals surface area contributed by atoms with Crippen LogP contribution in [0.2, 0.25) is 0 Å². The minimum Gasteiger partial charge on any atom is -0.395 e. The van der Waals surface area contributed by atoms with Crippen molar-refractivity contribution < 1.29 is 14.6 Å². The number of amides is 1. The zero-order chi connectivity index (χ0) is 9.94. The standard InChI is InChI=1S/C8H18N2O3/c1-13-7-5-10-8(12)2-3-9-4-6-11/h9,11H,2-7H2,1H3,(H,10,12). The minimum absolute atomic E-state index is 0.00231. The van der Waals surface area contributed by atoms with Gasteiger partial charge in [0.1, 0.15) is 0 Å². The second-order valence-corrected chi connectivity index (χ2v) is 2.57. The van der Waals surface area contributed by atoms with Crippen molar-refractivity contribution in [1.82, 2.24) is 10.6 Å². The van der Waals surface area contributed by atoms with E-state index in [-0.39, 0.29) is 12.5 Å². The van der Waals surface area contributed by atoms with Crippen molar-refractivity contribution in [3.63, 3.8) is 0 Å². The van der Waals surface area contributed by atoms with Gasteiger partial charge in [0.25, 0.3) is 0 Å². The molecule has 0 bridgehead atoms. The van der Waals surface area contributed by atoms with Gasteiger partial charge in [-0.05, 0) is 0 Å². The number of aliphatic hydroxyl groups excluding tert-OH is 1. The summed E-state index contributed by atoms with van der Waals surface area (Å²) in [5, 5.41) is 14.0. The van der Waals surface area contributed by atoms with Crippen molar-refractivity contribution in [3.8, 4) is 0 Å². The third-order valence-corrected chi connectivity index (χ3v) is 1.45. The summed E-state index contributed by atoms with van der Waals surface area (Å²) in [4.78, 5) is 11.0. The summed E-state index contributed by atoms with van der Waals surface area (Å²) in [6.45, 7) is 2.32. The zero-order valence-electron chi connectivity index (χ0n) is 8.01.